The zero-order valence-corrected chi connectivity index (χ0v) is 12.7. The molecule has 0 atom stereocenters. The lowest BCUT2D eigenvalue weighted by Crippen LogP contribution is -3.04. The SMILES string of the molecule is C[NH+](C)Cc1c(O)ccc2occ(C(=O)c3cccs3)c12. The zero-order valence-electron chi connectivity index (χ0n) is 11.8. The highest BCUT2D eigenvalue weighted by Crippen LogP contribution is 2.32. The Kier molecular flexibility index (Phi) is 3.53. The number of furan rings is 1. The molecule has 2 aromatic heterocycles. The van der Waals surface area contributed by atoms with Gasteiger partial charge in [-0.25, -0.2) is 0 Å². The van der Waals surface area contributed by atoms with Gasteiger partial charge in [-0.3, -0.25) is 4.79 Å². The van der Waals surface area contributed by atoms with Gasteiger partial charge in [0.1, 0.15) is 24.1 Å². The molecule has 0 radical (unpaired) electrons. The number of aromatic hydroxyl groups is 1. The van der Waals surface area contributed by atoms with Crippen molar-refractivity contribution in [3.63, 3.8) is 0 Å². The van der Waals surface area contributed by atoms with Crippen LogP contribution in [0.2, 0.25) is 0 Å². The molecule has 0 amide bonds. The summed E-state index contributed by atoms with van der Waals surface area (Å²) in [5.41, 5.74) is 1.89. The summed E-state index contributed by atoms with van der Waals surface area (Å²) in [6.07, 6.45) is 1.49. The van der Waals surface area contributed by atoms with Gasteiger partial charge in [0.05, 0.1) is 30.1 Å². The smallest absolute Gasteiger partial charge is 0.206 e. The van der Waals surface area contributed by atoms with Crippen LogP contribution < -0.4 is 4.90 Å². The minimum atomic E-state index is -0.0654. The molecular formula is C16H16NO3S+. The van der Waals surface area contributed by atoms with Crippen molar-refractivity contribution < 1.29 is 19.2 Å². The molecule has 5 heteroatoms. The average molecular weight is 302 g/mol. The quantitative estimate of drug-likeness (QED) is 0.726. The van der Waals surface area contributed by atoms with Crippen LogP contribution in [0.5, 0.6) is 5.75 Å². The van der Waals surface area contributed by atoms with Gasteiger partial charge in [0.2, 0.25) is 5.78 Å². The molecule has 3 aromatic rings. The monoisotopic (exact) mass is 302 g/mol. The van der Waals surface area contributed by atoms with Crippen molar-refractivity contribution in [2.75, 3.05) is 14.1 Å². The molecule has 0 saturated heterocycles. The van der Waals surface area contributed by atoms with Gasteiger partial charge >= 0.3 is 0 Å². The highest BCUT2D eigenvalue weighted by Gasteiger charge is 2.22. The number of benzene rings is 1. The molecule has 21 heavy (non-hydrogen) atoms. The molecule has 0 aliphatic rings. The molecule has 3 rings (SSSR count). The third kappa shape index (κ3) is 2.46. The first-order valence-electron chi connectivity index (χ1n) is 6.67. The van der Waals surface area contributed by atoms with Crippen molar-refractivity contribution in [3.8, 4) is 5.75 Å². The number of fused-ring (bicyclic) bond motifs is 1. The maximum Gasteiger partial charge on any atom is 0.206 e. The van der Waals surface area contributed by atoms with Crippen LogP contribution in [0.25, 0.3) is 11.0 Å². The van der Waals surface area contributed by atoms with E-state index in [-0.39, 0.29) is 11.5 Å². The summed E-state index contributed by atoms with van der Waals surface area (Å²) in [4.78, 5) is 14.4. The van der Waals surface area contributed by atoms with Crippen LogP contribution in [0.15, 0.2) is 40.3 Å². The first-order chi connectivity index (χ1) is 10.1. The molecule has 2 heterocycles. The number of hydrogen-bond donors (Lipinski definition) is 2. The minimum absolute atomic E-state index is 0.0654. The zero-order chi connectivity index (χ0) is 15.0. The number of ketones is 1. The van der Waals surface area contributed by atoms with Crippen molar-refractivity contribution in [3.05, 3.63) is 51.9 Å². The fraction of sp³-hybridized carbons (Fsp3) is 0.188. The average Bonchev–Trinajstić information content (AvgIpc) is 3.09. The van der Waals surface area contributed by atoms with Crippen molar-refractivity contribution in [1.29, 1.82) is 0 Å². The van der Waals surface area contributed by atoms with E-state index in [0.717, 1.165) is 15.8 Å². The number of nitrogens with one attached hydrogen (secondary N) is 1. The molecule has 0 saturated carbocycles. The molecule has 108 valence electrons. The third-order valence-corrected chi connectivity index (χ3v) is 4.21. The number of quaternary nitrogens is 1. The summed E-state index contributed by atoms with van der Waals surface area (Å²) in [6.45, 7) is 0.618. The number of phenols is 1. The van der Waals surface area contributed by atoms with Crippen LogP contribution in [0.3, 0.4) is 0 Å². The van der Waals surface area contributed by atoms with E-state index in [1.165, 1.54) is 17.6 Å². The largest absolute Gasteiger partial charge is 0.507 e. The lowest BCUT2D eigenvalue weighted by atomic mass is 10.0. The Morgan fingerprint density at radius 1 is 1.33 bits per heavy atom. The Morgan fingerprint density at radius 3 is 2.81 bits per heavy atom. The van der Waals surface area contributed by atoms with E-state index in [9.17, 15) is 9.90 Å². The van der Waals surface area contributed by atoms with Crippen LogP contribution in [0.4, 0.5) is 0 Å². The van der Waals surface area contributed by atoms with Crippen LogP contribution in [0.1, 0.15) is 20.8 Å². The first-order valence-corrected chi connectivity index (χ1v) is 7.55. The second-order valence-corrected chi connectivity index (χ2v) is 6.22. The Labute approximate surface area is 126 Å². The molecular weight excluding hydrogens is 286 g/mol. The molecule has 1 aromatic carbocycles. The van der Waals surface area contributed by atoms with E-state index in [4.69, 9.17) is 4.42 Å². The lowest BCUT2D eigenvalue weighted by Gasteiger charge is -2.10. The van der Waals surface area contributed by atoms with Gasteiger partial charge in [-0.1, -0.05) is 6.07 Å². The van der Waals surface area contributed by atoms with Crippen LogP contribution >= 0.6 is 11.3 Å². The Balaban J connectivity index is 2.20. The van der Waals surface area contributed by atoms with Gasteiger partial charge in [-0.15, -0.1) is 11.3 Å². The fourth-order valence-electron chi connectivity index (χ4n) is 2.43. The fourth-order valence-corrected chi connectivity index (χ4v) is 3.11. The van der Waals surface area contributed by atoms with Gasteiger partial charge < -0.3 is 14.4 Å². The van der Waals surface area contributed by atoms with E-state index < -0.39 is 0 Å². The minimum Gasteiger partial charge on any atom is -0.507 e. The summed E-state index contributed by atoms with van der Waals surface area (Å²) in [5.74, 6) is 0.134. The van der Waals surface area contributed by atoms with Crippen LogP contribution in [0, 0.1) is 0 Å². The molecule has 0 spiro atoms. The molecule has 0 aliphatic heterocycles. The van der Waals surface area contributed by atoms with Crippen molar-refractivity contribution in [2.45, 2.75) is 6.54 Å². The number of thiophene rings is 1. The highest BCUT2D eigenvalue weighted by molar-refractivity contribution is 7.12. The van der Waals surface area contributed by atoms with Gasteiger partial charge in [-0.2, -0.15) is 0 Å². The normalized spacial score (nSPS) is 11.4. The topological polar surface area (TPSA) is 54.9 Å². The van der Waals surface area contributed by atoms with E-state index >= 15 is 0 Å². The van der Waals surface area contributed by atoms with Gasteiger partial charge in [0.25, 0.3) is 0 Å². The molecule has 0 aliphatic carbocycles. The molecule has 0 fully saturated rings. The molecule has 2 N–H and O–H groups in total. The van der Waals surface area contributed by atoms with E-state index in [0.29, 0.717) is 22.6 Å². The van der Waals surface area contributed by atoms with Crippen molar-refractivity contribution in [1.82, 2.24) is 0 Å². The Hall–Kier alpha value is -2.11. The second kappa shape index (κ2) is 5.35. The van der Waals surface area contributed by atoms with Gasteiger partial charge in [0.15, 0.2) is 0 Å². The molecule has 0 bridgehead atoms. The maximum absolute atomic E-state index is 12.6. The van der Waals surface area contributed by atoms with E-state index in [2.05, 4.69) is 0 Å². The number of phenolic OH excluding ortho intramolecular Hbond substituents is 1. The van der Waals surface area contributed by atoms with Crippen LogP contribution in [-0.4, -0.2) is 25.0 Å². The number of carbonyl (C=O) groups excluding carboxylic acids is 1. The van der Waals surface area contributed by atoms with Crippen LogP contribution in [-0.2, 0) is 6.54 Å². The lowest BCUT2D eigenvalue weighted by molar-refractivity contribution is -0.872. The Bertz CT molecular complexity index is 787. The van der Waals surface area contributed by atoms with Crippen molar-refractivity contribution >= 4 is 28.1 Å². The molecule has 0 unspecified atom stereocenters. The first kappa shape index (κ1) is 13.9. The predicted octanol–water partition coefficient (Wildman–Crippen LogP) is 2.08. The summed E-state index contributed by atoms with van der Waals surface area (Å²) in [7, 11) is 4.00. The van der Waals surface area contributed by atoms with Gasteiger partial charge in [0, 0.05) is 5.39 Å². The Morgan fingerprint density at radius 2 is 2.14 bits per heavy atom. The number of rotatable bonds is 4. The van der Waals surface area contributed by atoms with Gasteiger partial charge in [-0.05, 0) is 23.6 Å². The second-order valence-electron chi connectivity index (χ2n) is 5.28. The van der Waals surface area contributed by atoms with E-state index in [1.54, 1.807) is 18.2 Å². The maximum atomic E-state index is 12.6. The number of carbonyl (C=O) groups is 1. The summed E-state index contributed by atoms with van der Waals surface area (Å²) in [5, 5.41) is 12.7. The highest BCUT2D eigenvalue weighted by atomic mass is 32.1. The van der Waals surface area contributed by atoms with E-state index in [1.807, 2.05) is 25.5 Å². The summed E-state index contributed by atoms with van der Waals surface area (Å²) >= 11 is 1.40. The summed E-state index contributed by atoms with van der Waals surface area (Å²) in [6, 6.07) is 6.96. The van der Waals surface area contributed by atoms with Crippen molar-refractivity contribution in [2.24, 2.45) is 0 Å². The molecule has 4 nitrogen and oxygen atoms in total. The number of hydrogen-bond acceptors (Lipinski definition) is 4. The summed E-state index contributed by atoms with van der Waals surface area (Å²) < 4.78 is 5.51. The standard InChI is InChI=1S/C16H15NO3S/c1-17(2)8-10-12(18)5-6-13-15(10)11(9-20-13)16(19)14-4-3-7-21-14/h3-7,9,18H,8H2,1-2H3/p+1. The predicted molar refractivity (Wildman–Crippen MR) is 82.1 cm³/mol. The third-order valence-electron chi connectivity index (χ3n) is 3.34.